The lowest BCUT2D eigenvalue weighted by atomic mass is 9.95. The van der Waals surface area contributed by atoms with E-state index in [1.807, 2.05) is 29.2 Å². The molecule has 1 saturated heterocycles. The number of nitrogens with zero attached hydrogens (tertiary/aromatic N) is 2. The molecule has 3 aliphatic rings. The summed E-state index contributed by atoms with van der Waals surface area (Å²) in [7, 11) is 1.78. The lowest BCUT2D eigenvalue weighted by molar-refractivity contribution is 0.190. The van der Waals surface area contributed by atoms with Crippen molar-refractivity contribution in [2.75, 3.05) is 45.5 Å². The Hall–Kier alpha value is -4.08. The van der Waals surface area contributed by atoms with Crippen LogP contribution in [0.25, 0.3) is 5.57 Å². The SMILES string of the molecule is CN/C=C(\C=N)c1ccc(N)c(C(=N)C2=CCNC(N3CCN(C(=N)OC(=N)C4CC4)CC3)=C2)c1. The molecule has 10 heteroatoms. The number of nitrogens with two attached hydrogens (primary N) is 1. The number of nitrogen functional groups attached to an aromatic ring is 1. The molecule has 35 heavy (non-hydrogen) atoms. The number of benzene rings is 1. The van der Waals surface area contributed by atoms with Crippen molar-refractivity contribution < 1.29 is 4.74 Å². The monoisotopic (exact) mass is 475 g/mol. The van der Waals surface area contributed by atoms with Crippen molar-refractivity contribution >= 4 is 35.1 Å². The van der Waals surface area contributed by atoms with E-state index in [1.165, 1.54) is 6.21 Å². The first-order valence-corrected chi connectivity index (χ1v) is 11.8. The molecule has 184 valence electrons. The van der Waals surface area contributed by atoms with Crippen molar-refractivity contribution in [1.82, 2.24) is 20.4 Å². The maximum atomic E-state index is 8.85. The topological polar surface area (TPSA) is 161 Å². The molecule has 0 unspecified atom stereocenters. The van der Waals surface area contributed by atoms with Crippen molar-refractivity contribution in [1.29, 1.82) is 21.6 Å². The lowest BCUT2D eigenvalue weighted by Gasteiger charge is -2.38. The van der Waals surface area contributed by atoms with E-state index in [2.05, 4.69) is 15.5 Å². The maximum Gasteiger partial charge on any atom is 0.291 e. The summed E-state index contributed by atoms with van der Waals surface area (Å²) in [5.74, 6) is 1.34. The summed E-state index contributed by atoms with van der Waals surface area (Å²) in [5.41, 5.74) is 10.0. The van der Waals surface area contributed by atoms with Gasteiger partial charge in [-0.05, 0) is 36.6 Å². The fourth-order valence-corrected chi connectivity index (χ4v) is 4.12. The molecule has 2 fully saturated rings. The van der Waals surface area contributed by atoms with Gasteiger partial charge in [0.25, 0.3) is 6.02 Å². The quantitative estimate of drug-likeness (QED) is 0.182. The summed E-state index contributed by atoms with van der Waals surface area (Å²) in [6.07, 6.45) is 8.93. The second kappa shape index (κ2) is 10.5. The Balaban J connectivity index is 1.42. The molecule has 2 aliphatic heterocycles. The molecule has 0 spiro atoms. The van der Waals surface area contributed by atoms with Crippen LogP contribution in [-0.4, -0.2) is 73.4 Å². The van der Waals surface area contributed by atoms with Crippen molar-refractivity contribution in [2.45, 2.75) is 12.8 Å². The third-order valence-electron chi connectivity index (χ3n) is 6.36. The molecule has 0 aromatic heterocycles. The van der Waals surface area contributed by atoms with Crippen LogP contribution in [0, 0.1) is 27.6 Å². The van der Waals surface area contributed by atoms with Gasteiger partial charge in [0.05, 0.1) is 5.71 Å². The number of amidine groups is 1. The Kier molecular flexibility index (Phi) is 7.19. The number of hydrogen-bond acceptors (Lipinski definition) is 9. The average molecular weight is 476 g/mol. The highest BCUT2D eigenvalue weighted by Crippen LogP contribution is 2.30. The summed E-state index contributed by atoms with van der Waals surface area (Å²) < 4.78 is 5.43. The van der Waals surface area contributed by atoms with Crippen LogP contribution in [-0.2, 0) is 4.74 Å². The molecule has 1 aliphatic carbocycles. The van der Waals surface area contributed by atoms with Crippen LogP contribution >= 0.6 is 0 Å². The first-order valence-electron chi connectivity index (χ1n) is 11.8. The Morgan fingerprint density at radius 2 is 1.91 bits per heavy atom. The van der Waals surface area contributed by atoms with E-state index in [4.69, 9.17) is 32.1 Å². The molecular weight excluding hydrogens is 442 g/mol. The number of rotatable bonds is 7. The van der Waals surface area contributed by atoms with E-state index in [9.17, 15) is 0 Å². The van der Waals surface area contributed by atoms with Gasteiger partial charge in [-0.25, -0.2) is 0 Å². The Bertz CT molecular complexity index is 1120. The minimum Gasteiger partial charge on any atom is -0.411 e. The summed E-state index contributed by atoms with van der Waals surface area (Å²) in [6, 6.07) is 5.54. The Labute approximate surface area is 205 Å². The maximum absolute atomic E-state index is 8.85. The number of ether oxygens (including phenoxy) is 1. The predicted molar refractivity (Wildman–Crippen MR) is 140 cm³/mol. The highest BCUT2D eigenvalue weighted by molar-refractivity contribution is 6.16. The molecular formula is C25H33N9O. The molecule has 0 amide bonds. The van der Waals surface area contributed by atoms with Gasteiger partial charge in [0.15, 0.2) is 5.90 Å². The lowest BCUT2D eigenvalue weighted by Crippen LogP contribution is -2.51. The minimum atomic E-state index is 0.0569. The van der Waals surface area contributed by atoms with Crippen LogP contribution in [0.4, 0.5) is 5.69 Å². The molecule has 2 heterocycles. The van der Waals surface area contributed by atoms with E-state index in [0.717, 1.165) is 29.8 Å². The Morgan fingerprint density at radius 3 is 2.57 bits per heavy atom. The first-order chi connectivity index (χ1) is 16.9. The predicted octanol–water partition coefficient (Wildman–Crippen LogP) is 2.17. The van der Waals surface area contributed by atoms with E-state index in [-0.39, 0.29) is 17.8 Å². The largest absolute Gasteiger partial charge is 0.411 e. The van der Waals surface area contributed by atoms with Crippen molar-refractivity contribution in [3.05, 3.63) is 59.1 Å². The van der Waals surface area contributed by atoms with Gasteiger partial charge in [-0.1, -0.05) is 12.1 Å². The fraction of sp³-hybridized carbons (Fsp3) is 0.360. The zero-order valence-electron chi connectivity index (χ0n) is 19.9. The summed E-state index contributed by atoms with van der Waals surface area (Å²) in [5, 5.41) is 38.9. The van der Waals surface area contributed by atoms with Gasteiger partial charge >= 0.3 is 0 Å². The van der Waals surface area contributed by atoms with Crippen LogP contribution in [0.2, 0.25) is 0 Å². The minimum absolute atomic E-state index is 0.0569. The molecule has 1 saturated carbocycles. The fourth-order valence-electron chi connectivity index (χ4n) is 4.12. The third kappa shape index (κ3) is 5.53. The van der Waals surface area contributed by atoms with Crippen LogP contribution in [0.5, 0.6) is 0 Å². The molecule has 4 rings (SSSR count). The molecule has 0 bridgehead atoms. The molecule has 0 atom stereocenters. The van der Waals surface area contributed by atoms with Crippen LogP contribution in [0.1, 0.15) is 24.0 Å². The summed E-state index contributed by atoms with van der Waals surface area (Å²) >= 11 is 0. The highest BCUT2D eigenvalue weighted by Gasteiger charge is 2.31. The smallest absolute Gasteiger partial charge is 0.291 e. The number of dihydropyridines is 1. The zero-order valence-corrected chi connectivity index (χ0v) is 19.9. The van der Waals surface area contributed by atoms with Crippen molar-refractivity contribution in [3.8, 4) is 0 Å². The van der Waals surface area contributed by atoms with Gasteiger partial charge in [-0.3, -0.25) is 16.2 Å². The number of anilines is 1. The van der Waals surface area contributed by atoms with Gasteiger partial charge in [-0.2, -0.15) is 0 Å². The number of hydrogen-bond donors (Lipinski definition) is 7. The van der Waals surface area contributed by atoms with Crippen LogP contribution < -0.4 is 16.4 Å². The summed E-state index contributed by atoms with van der Waals surface area (Å²) in [4.78, 5) is 4.07. The molecule has 0 radical (unpaired) electrons. The normalized spacial score (nSPS) is 18.1. The molecule has 8 N–H and O–H groups in total. The molecule has 1 aromatic rings. The third-order valence-corrected chi connectivity index (χ3v) is 6.36. The van der Waals surface area contributed by atoms with Gasteiger partial charge in [-0.15, -0.1) is 0 Å². The zero-order chi connectivity index (χ0) is 24.9. The van der Waals surface area contributed by atoms with Gasteiger partial charge in [0.2, 0.25) is 0 Å². The average Bonchev–Trinajstić information content (AvgIpc) is 3.73. The highest BCUT2D eigenvalue weighted by atomic mass is 16.5. The van der Waals surface area contributed by atoms with E-state index in [0.29, 0.717) is 55.3 Å². The number of nitrogens with one attached hydrogen (secondary N) is 6. The van der Waals surface area contributed by atoms with Crippen molar-refractivity contribution in [2.24, 2.45) is 5.92 Å². The Morgan fingerprint density at radius 1 is 1.17 bits per heavy atom. The van der Waals surface area contributed by atoms with E-state index in [1.54, 1.807) is 19.3 Å². The van der Waals surface area contributed by atoms with Crippen molar-refractivity contribution in [3.63, 3.8) is 0 Å². The van der Waals surface area contributed by atoms with E-state index >= 15 is 0 Å². The number of piperazine rings is 1. The van der Waals surface area contributed by atoms with Gasteiger partial charge in [0, 0.05) is 80.5 Å². The molecule has 10 nitrogen and oxygen atoms in total. The first kappa shape index (κ1) is 24.1. The second-order valence-corrected chi connectivity index (χ2v) is 8.80. The van der Waals surface area contributed by atoms with Gasteiger partial charge < -0.3 is 36.3 Å². The molecule has 1 aromatic carbocycles. The van der Waals surface area contributed by atoms with E-state index < -0.39 is 0 Å². The standard InChI is InChI=1S/C25H33N9O/c1-31-15-19(14-26)17-4-5-21(27)20(12-17)23(28)18-6-7-32-22(13-18)33-8-10-34(11-9-33)25(30)35-24(29)16-2-3-16/h4-6,12-16,26,28-32H,2-3,7-11,27H2,1H3/b19-15+,26-14?,28-23?,29-24?,30-25?. The summed E-state index contributed by atoms with van der Waals surface area (Å²) in [6.45, 7) is 3.28. The van der Waals surface area contributed by atoms with Crippen LogP contribution in [0.15, 0.2) is 47.9 Å². The second-order valence-electron chi connectivity index (χ2n) is 8.80. The van der Waals surface area contributed by atoms with Crippen LogP contribution in [0.3, 0.4) is 0 Å². The van der Waals surface area contributed by atoms with Gasteiger partial charge in [0.1, 0.15) is 5.82 Å². The number of allylic oxidation sites excluding steroid dienone is 3.